The van der Waals surface area contributed by atoms with Crippen molar-refractivity contribution in [3.05, 3.63) is 0 Å². The Morgan fingerprint density at radius 3 is 1.46 bits per heavy atom. The molecule has 56 heavy (non-hydrogen) atoms. The van der Waals surface area contributed by atoms with E-state index in [4.69, 9.17) is 21.1 Å². The zero-order valence-corrected chi connectivity index (χ0v) is 30.4. The molecule has 1 rings (SSSR count). The number of nitrogens with two attached hydrogens (primary N) is 1. The number of aliphatic carboxylic acids is 1. The van der Waals surface area contributed by atoms with Crippen molar-refractivity contribution in [1.82, 2.24) is 42.1 Å². The molecule has 1 saturated heterocycles. The molecule has 1 fully saturated rings. The molecular formula is C30H51N9O17. The minimum Gasteiger partial charge on any atom is -0.480 e. The van der Waals surface area contributed by atoms with Crippen molar-refractivity contribution in [3.8, 4) is 0 Å². The maximum atomic E-state index is 13.3. The van der Waals surface area contributed by atoms with Gasteiger partial charge in [-0.15, -0.1) is 0 Å². The number of aliphatic hydroxyl groups is 7. The van der Waals surface area contributed by atoms with Crippen molar-refractivity contribution >= 4 is 53.2 Å². The molecule has 1 aliphatic heterocycles. The highest BCUT2D eigenvalue weighted by atomic mass is 16.4. The molecule has 1 heterocycles. The molecule has 318 valence electrons. The van der Waals surface area contributed by atoms with E-state index in [1.165, 1.54) is 0 Å². The van der Waals surface area contributed by atoms with Crippen LogP contribution in [0.1, 0.15) is 26.7 Å². The van der Waals surface area contributed by atoms with Gasteiger partial charge in [-0.2, -0.15) is 0 Å². The quantitative estimate of drug-likeness (QED) is 0.0455. The summed E-state index contributed by atoms with van der Waals surface area (Å²) >= 11 is 0. The zero-order valence-electron chi connectivity index (χ0n) is 30.4. The van der Waals surface area contributed by atoms with Crippen molar-refractivity contribution in [1.29, 1.82) is 0 Å². The molecule has 0 spiro atoms. The van der Waals surface area contributed by atoms with Gasteiger partial charge in [0.2, 0.25) is 47.3 Å². The summed E-state index contributed by atoms with van der Waals surface area (Å²) in [6, 6.07) is -14.6. The zero-order chi connectivity index (χ0) is 42.9. The van der Waals surface area contributed by atoms with Crippen molar-refractivity contribution in [3.63, 3.8) is 0 Å². The predicted octanol–water partition coefficient (Wildman–Crippen LogP) is -10.9. The number of rotatable bonds is 23. The predicted molar refractivity (Wildman–Crippen MR) is 184 cm³/mol. The molecule has 0 aromatic rings. The highest BCUT2D eigenvalue weighted by Crippen LogP contribution is 2.19. The Bertz CT molecular complexity index is 1420. The molecule has 8 amide bonds. The van der Waals surface area contributed by atoms with Gasteiger partial charge in [0, 0.05) is 6.54 Å². The second kappa shape index (κ2) is 23.7. The average molecular weight is 810 g/mol. The maximum absolute atomic E-state index is 13.3. The lowest BCUT2D eigenvalue weighted by Gasteiger charge is -2.30. The average Bonchev–Trinajstić information content (AvgIpc) is 3.66. The van der Waals surface area contributed by atoms with Gasteiger partial charge in [0.25, 0.3) is 0 Å². The van der Waals surface area contributed by atoms with Crippen LogP contribution in [-0.4, -0.2) is 206 Å². The van der Waals surface area contributed by atoms with E-state index >= 15 is 0 Å². The summed E-state index contributed by atoms with van der Waals surface area (Å²) in [7, 11) is 0. The number of carbonyl (C=O) groups is 9. The molecule has 0 aromatic carbocycles. The maximum Gasteiger partial charge on any atom is 0.328 e. The SMILES string of the molecule is C[C@H](NC(=O)[C@H](CO)NC(=O)[C@H](CO)NC(=O)[C@@H](NC(=O)[C@@H]1CCCN1C(=O)[C@H](CO)NC(=O)[C@H](CO)NC(=O)[C@@H](N)CO)[C@@H](C)O)C(=O)N[C@@H](CO)C(=O)O. The fraction of sp³-hybridized carbons (Fsp3) is 0.700. The third kappa shape index (κ3) is 14.2. The minimum atomic E-state index is -1.85. The Morgan fingerprint density at radius 2 is 1.02 bits per heavy atom. The van der Waals surface area contributed by atoms with Gasteiger partial charge in [-0.25, -0.2) is 4.79 Å². The number of carboxylic acid groups (broad SMARTS) is 1. The molecule has 17 N–H and O–H groups in total. The van der Waals surface area contributed by atoms with Crippen molar-refractivity contribution < 1.29 is 84.0 Å². The molecule has 26 heteroatoms. The summed E-state index contributed by atoms with van der Waals surface area (Å²) < 4.78 is 0. The van der Waals surface area contributed by atoms with E-state index in [0.717, 1.165) is 18.7 Å². The number of carboxylic acids is 1. The van der Waals surface area contributed by atoms with E-state index in [0.29, 0.717) is 0 Å². The number of likely N-dealkylation sites (tertiary alicyclic amines) is 1. The van der Waals surface area contributed by atoms with Crippen LogP contribution >= 0.6 is 0 Å². The number of nitrogens with zero attached hydrogens (tertiary/aromatic N) is 1. The van der Waals surface area contributed by atoms with Crippen molar-refractivity contribution in [2.75, 3.05) is 46.2 Å². The fourth-order valence-electron chi connectivity index (χ4n) is 4.96. The minimum absolute atomic E-state index is 0.0142. The summed E-state index contributed by atoms with van der Waals surface area (Å²) in [5.74, 6) is -10.3. The van der Waals surface area contributed by atoms with Gasteiger partial charge in [0.1, 0.15) is 54.4 Å². The highest BCUT2D eigenvalue weighted by Gasteiger charge is 2.40. The number of carbonyl (C=O) groups excluding carboxylic acids is 8. The third-order valence-corrected chi connectivity index (χ3v) is 8.23. The monoisotopic (exact) mass is 809 g/mol. The molecule has 0 aliphatic carbocycles. The Kier molecular flexibility index (Phi) is 20.7. The van der Waals surface area contributed by atoms with Gasteiger partial charge in [-0.05, 0) is 26.7 Å². The molecule has 0 radical (unpaired) electrons. The van der Waals surface area contributed by atoms with Crippen LogP contribution in [0.2, 0.25) is 0 Å². The standard InChI is InChI=1S/C30H51N9O17/c1-12(22(47)37-19(11-45)30(55)56)32-24(49)15(7-41)34-25(50)17(9-43)35-28(53)21(13(2)46)38-27(52)20-4-3-5-39(20)29(54)18(10-44)36-26(51)16(8-42)33-23(48)14(31)6-40/h12-21,40-46H,3-11,31H2,1-2H3,(H,32,49)(H,33,48)(H,34,50)(H,35,53)(H,36,51)(H,37,47)(H,38,52)(H,55,56)/t12-,13+,14-,15-,16-,17-,18-,19-,20-,21-/m0/s1. The van der Waals surface area contributed by atoms with Crippen LogP contribution in [0.15, 0.2) is 0 Å². The van der Waals surface area contributed by atoms with E-state index in [9.17, 15) is 68.7 Å². The number of aliphatic hydroxyl groups excluding tert-OH is 7. The second-order valence-corrected chi connectivity index (χ2v) is 12.5. The summed E-state index contributed by atoms with van der Waals surface area (Å²) in [5, 5.41) is 90.9. The summed E-state index contributed by atoms with van der Waals surface area (Å²) in [5.41, 5.74) is 5.38. The molecular weight excluding hydrogens is 758 g/mol. The summed E-state index contributed by atoms with van der Waals surface area (Å²) in [6.45, 7) is -3.72. The van der Waals surface area contributed by atoms with Crippen molar-refractivity contribution in [2.45, 2.75) is 87.2 Å². The normalized spacial score (nSPS) is 18.6. The molecule has 0 aromatic heterocycles. The third-order valence-electron chi connectivity index (χ3n) is 8.23. The van der Waals surface area contributed by atoms with Gasteiger partial charge in [0.05, 0.1) is 45.7 Å². The summed E-state index contributed by atoms with van der Waals surface area (Å²) in [4.78, 5) is 114. The first-order chi connectivity index (χ1) is 26.3. The molecule has 26 nitrogen and oxygen atoms in total. The molecule has 0 saturated carbocycles. The van der Waals surface area contributed by atoms with Gasteiger partial charge >= 0.3 is 5.97 Å². The first kappa shape index (κ1) is 48.9. The van der Waals surface area contributed by atoms with Crippen LogP contribution in [-0.2, 0) is 43.2 Å². The lowest BCUT2D eigenvalue weighted by Crippen LogP contribution is -2.62. The Labute approximate surface area is 318 Å². The Hall–Kier alpha value is -5.09. The number of hydrogen-bond acceptors (Lipinski definition) is 17. The van der Waals surface area contributed by atoms with Crippen LogP contribution in [0.4, 0.5) is 0 Å². The van der Waals surface area contributed by atoms with Gasteiger partial charge < -0.3 is 88.7 Å². The smallest absolute Gasteiger partial charge is 0.328 e. The first-order valence-electron chi connectivity index (χ1n) is 17.1. The largest absolute Gasteiger partial charge is 0.480 e. The molecule has 1 aliphatic rings. The van der Waals surface area contributed by atoms with Crippen LogP contribution in [0.5, 0.6) is 0 Å². The van der Waals surface area contributed by atoms with Crippen LogP contribution < -0.4 is 43.0 Å². The Balaban J connectivity index is 2.98. The number of nitrogens with one attached hydrogen (secondary N) is 7. The lowest BCUT2D eigenvalue weighted by atomic mass is 10.1. The lowest BCUT2D eigenvalue weighted by molar-refractivity contribution is -0.144. The van der Waals surface area contributed by atoms with Crippen LogP contribution in [0.3, 0.4) is 0 Å². The van der Waals surface area contributed by atoms with E-state index in [-0.39, 0.29) is 19.4 Å². The number of hydrogen-bond donors (Lipinski definition) is 16. The van der Waals surface area contributed by atoms with Crippen LogP contribution in [0.25, 0.3) is 0 Å². The van der Waals surface area contributed by atoms with E-state index in [2.05, 4.69) is 26.6 Å². The molecule has 0 unspecified atom stereocenters. The van der Waals surface area contributed by atoms with E-state index in [1.54, 1.807) is 0 Å². The highest BCUT2D eigenvalue weighted by molar-refractivity contribution is 5.98. The molecule has 10 atom stereocenters. The van der Waals surface area contributed by atoms with E-state index < -0.39 is 153 Å². The van der Waals surface area contributed by atoms with Gasteiger partial charge in [-0.3, -0.25) is 38.4 Å². The van der Waals surface area contributed by atoms with Crippen molar-refractivity contribution in [2.24, 2.45) is 5.73 Å². The molecule has 0 bridgehead atoms. The second-order valence-electron chi connectivity index (χ2n) is 12.5. The van der Waals surface area contributed by atoms with Gasteiger partial charge in [-0.1, -0.05) is 0 Å². The van der Waals surface area contributed by atoms with E-state index in [1.807, 2.05) is 10.6 Å². The number of amides is 8. The fourth-order valence-corrected chi connectivity index (χ4v) is 4.96. The first-order valence-corrected chi connectivity index (χ1v) is 17.1. The van der Waals surface area contributed by atoms with Crippen LogP contribution in [0, 0.1) is 0 Å². The topological polar surface area (TPSA) is 429 Å². The summed E-state index contributed by atoms with van der Waals surface area (Å²) in [6.07, 6.45) is -1.41. The van der Waals surface area contributed by atoms with Gasteiger partial charge in [0.15, 0.2) is 0 Å². The Morgan fingerprint density at radius 1 is 0.589 bits per heavy atom.